The van der Waals surface area contributed by atoms with Gasteiger partial charge in [-0.3, -0.25) is 9.59 Å². The van der Waals surface area contributed by atoms with Crippen LogP contribution in [0.5, 0.6) is 0 Å². The Bertz CT molecular complexity index is 367. The molecule has 2 rings (SSSR count). The van der Waals surface area contributed by atoms with E-state index >= 15 is 0 Å². The average molecular weight is 234 g/mol. The van der Waals surface area contributed by atoms with E-state index < -0.39 is 0 Å². The summed E-state index contributed by atoms with van der Waals surface area (Å²) in [5.74, 6) is 1.77. The van der Waals surface area contributed by atoms with Crippen molar-refractivity contribution >= 4 is 12.1 Å². The Kier molecular flexibility index (Phi) is 3.24. The molecule has 2 heteroatoms. The summed E-state index contributed by atoms with van der Waals surface area (Å²) < 4.78 is 0. The molecular weight excluding hydrogens is 212 g/mol. The zero-order chi connectivity index (χ0) is 12.6. The highest BCUT2D eigenvalue weighted by Gasteiger charge is 2.49. The first kappa shape index (κ1) is 12.5. The van der Waals surface area contributed by atoms with E-state index in [0.29, 0.717) is 30.5 Å². The number of hydrogen-bond acceptors (Lipinski definition) is 2. The van der Waals surface area contributed by atoms with Crippen molar-refractivity contribution in [1.82, 2.24) is 0 Å². The van der Waals surface area contributed by atoms with Crippen LogP contribution in [0.15, 0.2) is 11.6 Å². The molecule has 2 aliphatic rings. The number of carbonyl (C=O) groups excluding carboxylic acids is 2. The number of hydrogen-bond donors (Lipinski definition) is 0. The van der Waals surface area contributed by atoms with Gasteiger partial charge in [0, 0.05) is 11.8 Å². The molecule has 0 aliphatic heterocycles. The highest BCUT2D eigenvalue weighted by molar-refractivity contribution is 5.88. The average Bonchev–Trinajstić information content (AvgIpc) is 2.57. The summed E-state index contributed by atoms with van der Waals surface area (Å²) >= 11 is 0. The van der Waals surface area contributed by atoms with Gasteiger partial charge in [-0.1, -0.05) is 26.8 Å². The van der Waals surface area contributed by atoms with E-state index in [1.165, 1.54) is 0 Å². The van der Waals surface area contributed by atoms with Crippen LogP contribution in [-0.2, 0) is 9.59 Å². The first-order chi connectivity index (χ1) is 7.99. The molecule has 0 unspecified atom stereocenters. The van der Waals surface area contributed by atoms with Gasteiger partial charge >= 0.3 is 0 Å². The van der Waals surface area contributed by atoms with Gasteiger partial charge in [-0.05, 0) is 42.6 Å². The van der Waals surface area contributed by atoms with Gasteiger partial charge in [-0.25, -0.2) is 0 Å². The van der Waals surface area contributed by atoms with Crippen molar-refractivity contribution < 1.29 is 9.59 Å². The lowest BCUT2D eigenvalue weighted by molar-refractivity contribution is -0.129. The van der Waals surface area contributed by atoms with Crippen LogP contribution in [-0.4, -0.2) is 12.1 Å². The Morgan fingerprint density at radius 2 is 2.12 bits per heavy atom. The highest BCUT2D eigenvalue weighted by atomic mass is 16.1. The van der Waals surface area contributed by atoms with E-state index in [9.17, 15) is 9.59 Å². The van der Waals surface area contributed by atoms with Gasteiger partial charge in [0.2, 0.25) is 0 Å². The Labute approximate surface area is 103 Å². The minimum absolute atomic E-state index is 0.209. The lowest BCUT2D eigenvalue weighted by Gasteiger charge is -2.31. The predicted molar refractivity (Wildman–Crippen MR) is 67.5 cm³/mol. The second kappa shape index (κ2) is 4.40. The topological polar surface area (TPSA) is 34.1 Å². The van der Waals surface area contributed by atoms with Crippen molar-refractivity contribution in [2.24, 2.45) is 23.2 Å². The fraction of sp³-hybridized carbons (Fsp3) is 0.733. The number of aldehydes is 1. The van der Waals surface area contributed by atoms with E-state index in [1.54, 1.807) is 0 Å². The van der Waals surface area contributed by atoms with Crippen LogP contribution < -0.4 is 0 Å². The quantitative estimate of drug-likeness (QED) is 0.688. The molecule has 0 heterocycles. The van der Waals surface area contributed by atoms with Gasteiger partial charge in [0.05, 0.1) is 0 Å². The molecule has 1 fully saturated rings. The van der Waals surface area contributed by atoms with Gasteiger partial charge in [0.25, 0.3) is 0 Å². The fourth-order valence-corrected chi connectivity index (χ4v) is 3.62. The molecule has 0 saturated heterocycles. The van der Waals surface area contributed by atoms with Crippen LogP contribution in [0.1, 0.15) is 46.5 Å². The Morgan fingerprint density at radius 3 is 2.71 bits per heavy atom. The minimum Gasteiger partial charge on any atom is -0.299 e. The summed E-state index contributed by atoms with van der Waals surface area (Å²) in [7, 11) is 0. The number of fused-ring (bicyclic) bond motifs is 1. The molecule has 0 spiro atoms. The molecule has 3 atom stereocenters. The van der Waals surface area contributed by atoms with E-state index in [4.69, 9.17) is 0 Å². The molecule has 2 nitrogen and oxygen atoms in total. The van der Waals surface area contributed by atoms with Gasteiger partial charge in [0.1, 0.15) is 12.1 Å². The van der Waals surface area contributed by atoms with Crippen LogP contribution in [0.2, 0.25) is 0 Å². The van der Waals surface area contributed by atoms with E-state index in [-0.39, 0.29) is 11.3 Å². The number of Topliss-reactive ketones (excluding diaryl/α,β-unsaturated/α-hetero) is 1. The summed E-state index contributed by atoms with van der Waals surface area (Å²) in [6.07, 6.45) is 6.33. The molecule has 94 valence electrons. The third kappa shape index (κ3) is 1.98. The second-order valence-electron chi connectivity index (χ2n) is 6.17. The Morgan fingerprint density at radius 1 is 1.41 bits per heavy atom. The molecule has 0 amide bonds. The zero-order valence-corrected chi connectivity index (χ0v) is 11.0. The molecule has 0 aromatic rings. The lowest BCUT2D eigenvalue weighted by Crippen LogP contribution is -2.32. The molecule has 2 aliphatic carbocycles. The van der Waals surface area contributed by atoms with Crippen molar-refractivity contribution in [2.75, 3.05) is 0 Å². The molecular formula is C15H22O2. The van der Waals surface area contributed by atoms with Crippen molar-refractivity contribution in [1.29, 1.82) is 0 Å². The summed E-state index contributed by atoms with van der Waals surface area (Å²) in [4.78, 5) is 23.3. The third-order valence-electron chi connectivity index (χ3n) is 4.87. The molecule has 0 N–H and O–H groups in total. The van der Waals surface area contributed by atoms with Crippen LogP contribution in [0.4, 0.5) is 0 Å². The minimum atomic E-state index is -0.209. The molecule has 17 heavy (non-hydrogen) atoms. The first-order valence-electron chi connectivity index (χ1n) is 6.68. The third-order valence-corrected chi connectivity index (χ3v) is 4.87. The second-order valence-corrected chi connectivity index (χ2v) is 6.17. The molecule has 0 bridgehead atoms. The molecule has 0 radical (unpaired) electrons. The van der Waals surface area contributed by atoms with Gasteiger partial charge in [0.15, 0.2) is 0 Å². The van der Waals surface area contributed by atoms with Crippen LogP contribution in [0.25, 0.3) is 0 Å². The normalized spacial score (nSPS) is 37.6. The van der Waals surface area contributed by atoms with Crippen molar-refractivity contribution in [3.8, 4) is 0 Å². The van der Waals surface area contributed by atoms with Crippen LogP contribution in [0, 0.1) is 23.2 Å². The van der Waals surface area contributed by atoms with Gasteiger partial charge in [-0.15, -0.1) is 0 Å². The van der Waals surface area contributed by atoms with Crippen LogP contribution >= 0.6 is 0 Å². The number of rotatable bonds is 2. The van der Waals surface area contributed by atoms with Crippen molar-refractivity contribution in [3.63, 3.8) is 0 Å². The number of allylic oxidation sites excluding steroid dienone is 2. The highest BCUT2D eigenvalue weighted by Crippen LogP contribution is 2.52. The monoisotopic (exact) mass is 234 g/mol. The maximum absolute atomic E-state index is 12.3. The SMILES string of the molecule is CC(C)[C@H]1CC[C@]2(C)C(=O)CCC(C=O)=C[C@@H]12. The first-order valence-corrected chi connectivity index (χ1v) is 6.68. The zero-order valence-electron chi connectivity index (χ0n) is 11.0. The lowest BCUT2D eigenvalue weighted by atomic mass is 9.72. The van der Waals surface area contributed by atoms with E-state index in [2.05, 4.69) is 26.8 Å². The van der Waals surface area contributed by atoms with E-state index in [0.717, 1.165) is 24.7 Å². The van der Waals surface area contributed by atoms with Gasteiger partial charge < -0.3 is 0 Å². The molecule has 0 aromatic heterocycles. The Hall–Kier alpha value is -0.920. The van der Waals surface area contributed by atoms with Gasteiger partial charge in [-0.2, -0.15) is 0 Å². The summed E-state index contributed by atoms with van der Waals surface area (Å²) in [5.41, 5.74) is 0.624. The Balaban J connectivity index is 2.40. The maximum atomic E-state index is 12.3. The smallest absolute Gasteiger partial charge is 0.145 e. The summed E-state index contributed by atoms with van der Waals surface area (Å²) in [5, 5.41) is 0. The van der Waals surface area contributed by atoms with E-state index in [1.807, 2.05) is 0 Å². The standard InChI is InChI=1S/C15H22O2/c1-10(2)12-6-7-15(3)13(12)8-11(9-16)4-5-14(15)17/h8-10,12-13H,4-7H2,1-3H3/t12-,13+,15+/m1/s1. The molecule has 1 saturated carbocycles. The summed E-state index contributed by atoms with van der Waals surface area (Å²) in [6.45, 7) is 6.55. The predicted octanol–water partition coefficient (Wildman–Crippen LogP) is 3.16. The van der Waals surface area contributed by atoms with Crippen molar-refractivity contribution in [2.45, 2.75) is 46.5 Å². The van der Waals surface area contributed by atoms with Crippen LogP contribution in [0.3, 0.4) is 0 Å². The fourth-order valence-electron chi connectivity index (χ4n) is 3.62. The van der Waals surface area contributed by atoms with Crippen molar-refractivity contribution in [3.05, 3.63) is 11.6 Å². The summed E-state index contributed by atoms with van der Waals surface area (Å²) in [6, 6.07) is 0. The maximum Gasteiger partial charge on any atom is 0.145 e. The number of carbonyl (C=O) groups is 2. The largest absolute Gasteiger partial charge is 0.299 e. The number of ketones is 1. The molecule has 0 aromatic carbocycles.